The van der Waals surface area contributed by atoms with Crippen molar-refractivity contribution in [1.82, 2.24) is 5.32 Å². The summed E-state index contributed by atoms with van der Waals surface area (Å²) in [6.45, 7) is 0.0472. The highest BCUT2D eigenvalue weighted by Gasteiger charge is 2.24. The van der Waals surface area contributed by atoms with Crippen LogP contribution in [0.4, 0.5) is 0 Å². The number of hydrogen-bond acceptors (Lipinski definition) is 5. The van der Waals surface area contributed by atoms with Gasteiger partial charge in [0, 0.05) is 5.56 Å². The predicted octanol–water partition coefficient (Wildman–Crippen LogP) is 2.00. The van der Waals surface area contributed by atoms with Gasteiger partial charge < -0.3 is 19.9 Å². The second-order valence-electron chi connectivity index (χ2n) is 4.34. The van der Waals surface area contributed by atoms with E-state index in [1.807, 2.05) is 6.26 Å². The Morgan fingerprint density at radius 3 is 2.90 bits per heavy atom. The third kappa shape index (κ3) is 3.74. The maximum Gasteiger partial charge on any atom is 0.326 e. The van der Waals surface area contributed by atoms with Crippen molar-refractivity contribution in [1.29, 1.82) is 0 Å². The molecule has 0 spiro atoms. The molecule has 1 aromatic carbocycles. The number of thioether (sulfide) groups is 1. The Morgan fingerprint density at radius 1 is 1.48 bits per heavy atom. The number of benzene rings is 1. The minimum Gasteiger partial charge on any atom is -0.480 e. The van der Waals surface area contributed by atoms with Crippen LogP contribution in [0, 0.1) is 0 Å². The molecule has 0 radical (unpaired) electrons. The van der Waals surface area contributed by atoms with Crippen molar-refractivity contribution in [2.45, 2.75) is 12.5 Å². The monoisotopic (exact) mass is 331 g/mol. The van der Waals surface area contributed by atoms with E-state index in [2.05, 4.69) is 5.32 Å². The molecule has 0 fully saturated rings. The average molecular weight is 332 g/mol. The molecule has 1 aromatic rings. The number of carboxylic acid groups (broad SMARTS) is 1. The second-order valence-corrected chi connectivity index (χ2v) is 5.73. The van der Waals surface area contributed by atoms with Crippen LogP contribution in [-0.2, 0) is 4.79 Å². The summed E-state index contributed by atoms with van der Waals surface area (Å²) in [5.41, 5.74) is 0.236. The van der Waals surface area contributed by atoms with Gasteiger partial charge in [0.05, 0.1) is 5.02 Å². The fraction of sp³-hybridized carbons (Fsp3) is 0.385. The van der Waals surface area contributed by atoms with Crippen LogP contribution in [0.5, 0.6) is 11.5 Å². The SMILES string of the molecule is CSCC[C@H](NC(=O)c1cc(Cl)c2c(c1)OCO2)C(=O)O. The van der Waals surface area contributed by atoms with Crippen molar-refractivity contribution in [3.8, 4) is 11.5 Å². The van der Waals surface area contributed by atoms with Crippen molar-refractivity contribution < 1.29 is 24.2 Å². The summed E-state index contributed by atoms with van der Waals surface area (Å²) in [5, 5.41) is 11.8. The zero-order chi connectivity index (χ0) is 15.4. The van der Waals surface area contributed by atoms with Crippen molar-refractivity contribution in [2.24, 2.45) is 0 Å². The third-order valence-corrected chi connectivity index (χ3v) is 3.83. The predicted molar refractivity (Wildman–Crippen MR) is 79.5 cm³/mol. The lowest BCUT2D eigenvalue weighted by Gasteiger charge is -2.14. The Bertz CT molecular complexity index is 566. The Hall–Kier alpha value is -1.60. The first kappa shape index (κ1) is 15.8. The quantitative estimate of drug-likeness (QED) is 0.829. The number of carbonyl (C=O) groups is 2. The van der Waals surface area contributed by atoms with Crippen LogP contribution in [0.2, 0.25) is 5.02 Å². The number of aliphatic carboxylic acids is 1. The molecule has 6 nitrogen and oxygen atoms in total. The molecule has 1 aliphatic rings. The largest absolute Gasteiger partial charge is 0.480 e. The Kier molecular flexibility index (Phi) is 5.19. The van der Waals surface area contributed by atoms with Crippen LogP contribution >= 0.6 is 23.4 Å². The van der Waals surface area contributed by atoms with Gasteiger partial charge in [-0.3, -0.25) is 4.79 Å². The molecule has 1 atom stereocenters. The Balaban J connectivity index is 2.12. The summed E-state index contributed by atoms with van der Waals surface area (Å²) in [6, 6.07) is 1.98. The highest BCUT2D eigenvalue weighted by Crippen LogP contribution is 2.39. The average Bonchev–Trinajstić information content (AvgIpc) is 2.91. The van der Waals surface area contributed by atoms with Gasteiger partial charge in [-0.05, 0) is 30.6 Å². The third-order valence-electron chi connectivity index (χ3n) is 2.90. The first-order valence-corrected chi connectivity index (χ1v) is 7.92. The van der Waals surface area contributed by atoms with E-state index in [9.17, 15) is 9.59 Å². The van der Waals surface area contributed by atoms with Gasteiger partial charge in [-0.2, -0.15) is 11.8 Å². The smallest absolute Gasteiger partial charge is 0.326 e. The van der Waals surface area contributed by atoms with Crippen LogP contribution in [-0.4, -0.2) is 41.8 Å². The van der Waals surface area contributed by atoms with E-state index in [1.165, 1.54) is 23.9 Å². The van der Waals surface area contributed by atoms with E-state index in [1.54, 1.807) is 0 Å². The zero-order valence-corrected chi connectivity index (χ0v) is 12.8. The zero-order valence-electron chi connectivity index (χ0n) is 11.2. The lowest BCUT2D eigenvalue weighted by Crippen LogP contribution is -2.41. The van der Waals surface area contributed by atoms with Crippen LogP contribution in [0.25, 0.3) is 0 Å². The van der Waals surface area contributed by atoms with Gasteiger partial charge in [0.1, 0.15) is 6.04 Å². The summed E-state index contributed by atoms with van der Waals surface area (Å²) >= 11 is 7.51. The van der Waals surface area contributed by atoms with Crippen LogP contribution in [0.3, 0.4) is 0 Å². The number of fused-ring (bicyclic) bond motifs is 1. The van der Waals surface area contributed by atoms with Gasteiger partial charge in [-0.25, -0.2) is 4.79 Å². The number of hydrogen-bond donors (Lipinski definition) is 2. The Labute approximate surface area is 130 Å². The number of carboxylic acids is 1. The van der Waals surface area contributed by atoms with E-state index < -0.39 is 17.9 Å². The topological polar surface area (TPSA) is 84.9 Å². The lowest BCUT2D eigenvalue weighted by atomic mass is 10.1. The molecule has 8 heteroatoms. The Morgan fingerprint density at radius 2 is 2.24 bits per heavy atom. The van der Waals surface area contributed by atoms with E-state index in [4.69, 9.17) is 26.2 Å². The number of ether oxygens (including phenoxy) is 2. The molecular formula is C13H14ClNO5S. The van der Waals surface area contributed by atoms with Gasteiger partial charge in [0.2, 0.25) is 6.79 Å². The van der Waals surface area contributed by atoms with Crippen LogP contribution < -0.4 is 14.8 Å². The summed E-state index contributed by atoms with van der Waals surface area (Å²) in [4.78, 5) is 23.3. The maximum absolute atomic E-state index is 12.1. The van der Waals surface area contributed by atoms with Gasteiger partial charge in [-0.1, -0.05) is 11.6 Å². The molecule has 0 aromatic heterocycles. The number of rotatable bonds is 6. The van der Waals surface area contributed by atoms with E-state index >= 15 is 0 Å². The minimum atomic E-state index is -1.07. The van der Waals surface area contributed by atoms with Gasteiger partial charge >= 0.3 is 5.97 Å². The molecule has 0 aliphatic carbocycles. The summed E-state index contributed by atoms with van der Waals surface area (Å²) < 4.78 is 10.3. The highest BCUT2D eigenvalue weighted by molar-refractivity contribution is 7.98. The van der Waals surface area contributed by atoms with E-state index in [0.29, 0.717) is 23.7 Å². The molecule has 0 saturated heterocycles. The summed E-state index contributed by atoms with van der Waals surface area (Å²) in [6.07, 6.45) is 2.22. The molecule has 21 heavy (non-hydrogen) atoms. The number of halogens is 1. The normalized spacial score (nSPS) is 13.8. The fourth-order valence-corrected chi connectivity index (χ4v) is 2.57. The summed E-state index contributed by atoms with van der Waals surface area (Å²) in [5.74, 6) is -0.166. The molecule has 1 amide bonds. The molecule has 1 heterocycles. The summed E-state index contributed by atoms with van der Waals surface area (Å²) in [7, 11) is 0. The van der Waals surface area contributed by atoms with Crippen molar-refractivity contribution in [3.63, 3.8) is 0 Å². The molecule has 114 valence electrons. The van der Waals surface area contributed by atoms with Crippen molar-refractivity contribution in [3.05, 3.63) is 22.7 Å². The van der Waals surface area contributed by atoms with E-state index in [0.717, 1.165) is 0 Å². The minimum absolute atomic E-state index is 0.0472. The molecule has 1 aliphatic heterocycles. The van der Waals surface area contributed by atoms with Crippen molar-refractivity contribution >= 4 is 35.2 Å². The molecule has 0 bridgehead atoms. The molecule has 0 saturated carbocycles. The van der Waals surface area contributed by atoms with Gasteiger partial charge in [0.25, 0.3) is 5.91 Å². The lowest BCUT2D eigenvalue weighted by molar-refractivity contribution is -0.139. The van der Waals surface area contributed by atoms with Crippen LogP contribution in [0.15, 0.2) is 12.1 Å². The first-order chi connectivity index (χ1) is 10.0. The molecule has 2 N–H and O–H groups in total. The number of carbonyl (C=O) groups excluding carboxylic acids is 1. The number of nitrogens with one attached hydrogen (secondary N) is 1. The van der Waals surface area contributed by atoms with Gasteiger partial charge in [0.15, 0.2) is 11.5 Å². The highest BCUT2D eigenvalue weighted by atomic mass is 35.5. The number of amides is 1. The molecular weight excluding hydrogens is 318 g/mol. The van der Waals surface area contributed by atoms with Gasteiger partial charge in [-0.15, -0.1) is 0 Å². The first-order valence-electron chi connectivity index (χ1n) is 6.14. The second kappa shape index (κ2) is 6.91. The fourth-order valence-electron chi connectivity index (χ4n) is 1.83. The standard InChI is InChI=1S/C13H14ClNO5S/c1-21-3-2-9(13(17)18)15-12(16)7-4-8(14)11-10(5-7)19-6-20-11/h4-5,9H,2-3,6H2,1H3,(H,15,16)(H,17,18)/t9-/m0/s1. The van der Waals surface area contributed by atoms with E-state index in [-0.39, 0.29) is 17.4 Å². The van der Waals surface area contributed by atoms with Crippen LogP contribution in [0.1, 0.15) is 16.8 Å². The van der Waals surface area contributed by atoms with Crippen molar-refractivity contribution in [2.75, 3.05) is 18.8 Å². The molecule has 2 rings (SSSR count). The maximum atomic E-state index is 12.1. The molecule has 0 unspecified atom stereocenters.